The topological polar surface area (TPSA) is 63.2 Å². The molecule has 1 fully saturated rings. The van der Waals surface area contributed by atoms with E-state index in [9.17, 15) is 13.2 Å². The van der Waals surface area contributed by atoms with Crippen molar-refractivity contribution in [2.75, 3.05) is 23.1 Å². The number of carbonyl (C=O) groups excluding carboxylic acids is 1. The molecule has 1 amide bonds. The zero-order chi connectivity index (χ0) is 17.2. The molecule has 0 bridgehead atoms. The second kappa shape index (κ2) is 7.21. The van der Waals surface area contributed by atoms with E-state index >= 15 is 0 Å². The van der Waals surface area contributed by atoms with E-state index in [1.165, 1.54) is 17.7 Å². The molecule has 0 saturated carbocycles. The van der Waals surface area contributed by atoms with Crippen molar-refractivity contribution < 1.29 is 13.2 Å². The van der Waals surface area contributed by atoms with E-state index < -0.39 is 9.84 Å². The zero-order valence-corrected chi connectivity index (χ0v) is 15.5. The number of anilines is 1. The van der Waals surface area contributed by atoms with E-state index in [1.54, 1.807) is 12.1 Å². The van der Waals surface area contributed by atoms with Gasteiger partial charge in [0.05, 0.1) is 9.48 Å². The monoisotopic (exact) mass is 379 g/mol. The highest BCUT2D eigenvalue weighted by molar-refractivity contribution is 8.19. The maximum atomic E-state index is 12.4. The van der Waals surface area contributed by atoms with Crippen molar-refractivity contribution in [3.8, 4) is 0 Å². The lowest BCUT2D eigenvalue weighted by molar-refractivity contribution is 0.102. The molecule has 0 atom stereocenters. The SMILES string of the molecule is CS(=O)(=O)c1cccc(C(=O)Nc2cccc(C3SCCS3)c2)c1. The molecule has 1 aliphatic heterocycles. The van der Waals surface area contributed by atoms with Crippen molar-refractivity contribution in [1.82, 2.24) is 0 Å². The zero-order valence-electron chi connectivity index (χ0n) is 13.1. The Labute approximate surface area is 150 Å². The summed E-state index contributed by atoms with van der Waals surface area (Å²) in [5, 5.41) is 2.85. The molecule has 0 aliphatic carbocycles. The summed E-state index contributed by atoms with van der Waals surface area (Å²) in [7, 11) is -3.34. The summed E-state index contributed by atoms with van der Waals surface area (Å²) in [5.74, 6) is 1.97. The summed E-state index contributed by atoms with van der Waals surface area (Å²) >= 11 is 3.82. The lowest BCUT2D eigenvalue weighted by Gasteiger charge is -2.11. The van der Waals surface area contributed by atoms with Gasteiger partial charge in [0.25, 0.3) is 5.91 Å². The van der Waals surface area contributed by atoms with Crippen LogP contribution in [0.2, 0.25) is 0 Å². The fourth-order valence-electron chi connectivity index (χ4n) is 2.39. The first-order chi connectivity index (χ1) is 11.4. The Balaban J connectivity index is 1.79. The molecule has 1 N–H and O–H groups in total. The van der Waals surface area contributed by atoms with Crippen LogP contribution in [0.5, 0.6) is 0 Å². The Morgan fingerprint density at radius 1 is 1.08 bits per heavy atom. The first kappa shape index (κ1) is 17.4. The van der Waals surface area contributed by atoms with Crippen LogP contribution >= 0.6 is 23.5 Å². The number of hydrogen-bond acceptors (Lipinski definition) is 5. The van der Waals surface area contributed by atoms with Gasteiger partial charge in [0.1, 0.15) is 0 Å². The molecule has 4 nitrogen and oxygen atoms in total. The molecule has 1 heterocycles. The van der Waals surface area contributed by atoms with E-state index in [0.29, 0.717) is 10.1 Å². The molecular formula is C17H17NO3S3. The standard InChI is InChI=1S/C17H17NO3S3/c1-24(20,21)15-7-3-4-12(11-15)16(19)18-14-6-2-5-13(10-14)17-22-8-9-23-17/h2-7,10-11,17H,8-9H2,1H3,(H,18,19). The van der Waals surface area contributed by atoms with Gasteiger partial charge in [-0.3, -0.25) is 4.79 Å². The Hall–Kier alpha value is -1.44. The van der Waals surface area contributed by atoms with Crippen LogP contribution < -0.4 is 5.32 Å². The highest BCUT2D eigenvalue weighted by Gasteiger charge is 2.19. The van der Waals surface area contributed by atoms with Crippen LogP contribution in [-0.2, 0) is 9.84 Å². The number of carbonyl (C=O) groups is 1. The predicted octanol–water partition coefficient (Wildman–Crippen LogP) is 3.82. The summed E-state index contributed by atoms with van der Waals surface area (Å²) in [6.45, 7) is 0. The second-order valence-electron chi connectivity index (χ2n) is 5.45. The molecule has 2 aromatic carbocycles. The van der Waals surface area contributed by atoms with Crippen LogP contribution in [-0.4, -0.2) is 32.1 Å². The van der Waals surface area contributed by atoms with E-state index in [0.717, 1.165) is 23.4 Å². The van der Waals surface area contributed by atoms with Crippen LogP contribution in [0.4, 0.5) is 5.69 Å². The Morgan fingerprint density at radius 2 is 1.79 bits per heavy atom. The molecule has 0 aromatic heterocycles. The van der Waals surface area contributed by atoms with Gasteiger partial charge in [0, 0.05) is 29.0 Å². The maximum absolute atomic E-state index is 12.4. The molecular weight excluding hydrogens is 362 g/mol. The normalized spacial score (nSPS) is 15.4. The first-order valence-electron chi connectivity index (χ1n) is 7.38. The average Bonchev–Trinajstić information content (AvgIpc) is 3.09. The van der Waals surface area contributed by atoms with Crippen LogP contribution in [0, 0.1) is 0 Å². The number of nitrogens with one attached hydrogen (secondary N) is 1. The molecule has 2 aromatic rings. The lowest BCUT2D eigenvalue weighted by atomic mass is 10.2. The molecule has 24 heavy (non-hydrogen) atoms. The van der Waals surface area contributed by atoms with E-state index in [1.807, 2.05) is 41.7 Å². The van der Waals surface area contributed by atoms with Gasteiger partial charge in [-0.05, 0) is 35.9 Å². The minimum Gasteiger partial charge on any atom is -0.322 e. The molecule has 3 rings (SSSR count). The van der Waals surface area contributed by atoms with Crippen LogP contribution in [0.1, 0.15) is 20.5 Å². The molecule has 126 valence electrons. The molecule has 0 radical (unpaired) electrons. The minimum atomic E-state index is -3.34. The van der Waals surface area contributed by atoms with Gasteiger partial charge in [-0.2, -0.15) is 0 Å². The maximum Gasteiger partial charge on any atom is 0.255 e. The van der Waals surface area contributed by atoms with Crippen molar-refractivity contribution in [3.05, 3.63) is 59.7 Å². The smallest absolute Gasteiger partial charge is 0.255 e. The highest BCUT2D eigenvalue weighted by atomic mass is 32.2. The van der Waals surface area contributed by atoms with Crippen LogP contribution in [0.3, 0.4) is 0 Å². The van der Waals surface area contributed by atoms with Crippen molar-refractivity contribution >= 4 is 45.0 Å². The summed E-state index contributed by atoms with van der Waals surface area (Å²) in [5.41, 5.74) is 2.23. The molecule has 0 spiro atoms. The average molecular weight is 380 g/mol. The Kier molecular flexibility index (Phi) is 5.22. The van der Waals surface area contributed by atoms with E-state index in [2.05, 4.69) is 11.4 Å². The third-order valence-corrected chi connectivity index (χ3v) is 7.78. The lowest BCUT2D eigenvalue weighted by Crippen LogP contribution is -2.12. The third kappa shape index (κ3) is 4.15. The number of thioether (sulfide) groups is 2. The summed E-state index contributed by atoms with van der Waals surface area (Å²) in [4.78, 5) is 12.6. The Morgan fingerprint density at radius 3 is 2.50 bits per heavy atom. The van der Waals surface area contributed by atoms with E-state index in [4.69, 9.17) is 0 Å². The van der Waals surface area contributed by atoms with Gasteiger partial charge in [0.15, 0.2) is 9.84 Å². The van der Waals surface area contributed by atoms with Gasteiger partial charge < -0.3 is 5.32 Å². The summed E-state index contributed by atoms with van der Waals surface area (Å²) < 4.78 is 23.7. The van der Waals surface area contributed by atoms with Gasteiger partial charge in [-0.15, -0.1) is 23.5 Å². The quantitative estimate of drug-likeness (QED) is 0.875. The highest BCUT2D eigenvalue weighted by Crippen LogP contribution is 2.45. The molecule has 7 heteroatoms. The van der Waals surface area contributed by atoms with Crippen LogP contribution in [0.25, 0.3) is 0 Å². The number of benzene rings is 2. The van der Waals surface area contributed by atoms with Gasteiger partial charge in [-0.1, -0.05) is 18.2 Å². The molecule has 1 saturated heterocycles. The molecule has 0 unspecified atom stereocenters. The fourth-order valence-corrected chi connectivity index (χ4v) is 5.89. The summed E-state index contributed by atoms with van der Waals surface area (Å²) in [6, 6.07) is 13.9. The third-order valence-electron chi connectivity index (χ3n) is 3.56. The van der Waals surface area contributed by atoms with Gasteiger partial charge >= 0.3 is 0 Å². The number of rotatable bonds is 4. The van der Waals surface area contributed by atoms with Crippen molar-refractivity contribution in [1.29, 1.82) is 0 Å². The number of hydrogen-bond donors (Lipinski definition) is 1. The fraction of sp³-hybridized carbons (Fsp3) is 0.235. The predicted molar refractivity (Wildman–Crippen MR) is 102 cm³/mol. The Bertz CT molecular complexity index is 859. The van der Waals surface area contributed by atoms with Crippen molar-refractivity contribution in [2.45, 2.75) is 9.48 Å². The summed E-state index contributed by atoms with van der Waals surface area (Å²) in [6.07, 6.45) is 1.13. The second-order valence-corrected chi connectivity index (χ2v) is 10.2. The van der Waals surface area contributed by atoms with E-state index in [-0.39, 0.29) is 10.8 Å². The number of amides is 1. The van der Waals surface area contributed by atoms with Gasteiger partial charge in [-0.25, -0.2) is 8.42 Å². The minimum absolute atomic E-state index is 0.141. The largest absolute Gasteiger partial charge is 0.322 e. The van der Waals surface area contributed by atoms with Crippen LogP contribution in [0.15, 0.2) is 53.4 Å². The van der Waals surface area contributed by atoms with Crippen molar-refractivity contribution in [3.63, 3.8) is 0 Å². The molecule has 1 aliphatic rings. The first-order valence-corrected chi connectivity index (χ1v) is 11.4. The van der Waals surface area contributed by atoms with Gasteiger partial charge in [0.2, 0.25) is 0 Å². The number of sulfone groups is 1. The van der Waals surface area contributed by atoms with Crippen molar-refractivity contribution in [2.24, 2.45) is 0 Å².